The third kappa shape index (κ3) is 1.87. The number of halogens is 1. The summed E-state index contributed by atoms with van der Waals surface area (Å²) < 4.78 is 0. The second-order valence-corrected chi connectivity index (χ2v) is 3.71. The zero-order valence-corrected chi connectivity index (χ0v) is 7.55. The maximum absolute atomic E-state index is 5.80. The van der Waals surface area contributed by atoms with E-state index >= 15 is 0 Å². The van der Waals surface area contributed by atoms with Crippen molar-refractivity contribution < 1.29 is 0 Å². The molecule has 0 fully saturated rings. The van der Waals surface area contributed by atoms with Gasteiger partial charge < -0.3 is 0 Å². The lowest BCUT2D eigenvalue weighted by Crippen LogP contribution is -2.15. The van der Waals surface area contributed by atoms with Gasteiger partial charge in [-0.1, -0.05) is 32.4 Å². The summed E-state index contributed by atoms with van der Waals surface area (Å²) in [4.78, 5) is 3.84. The molecule has 0 bridgehead atoms. The minimum absolute atomic E-state index is 0.0850. The van der Waals surface area contributed by atoms with Crippen LogP contribution in [-0.2, 0) is 5.41 Å². The first kappa shape index (κ1) is 8.40. The van der Waals surface area contributed by atoms with Crippen LogP contribution in [0.1, 0.15) is 26.5 Å². The largest absolute Gasteiger partial charge is 0.221 e. The summed E-state index contributed by atoms with van der Waals surface area (Å²) in [5, 5.41) is 8.01. The van der Waals surface area contributed by atoms with E-state index in [4.69, 9.17) is 11.6 Å². The Kier molecular flexibility index (Phi) is 2.09. The van der Waals surface area contributed by atoms with Crippen LogP contribution < -0.4 is 0 Å². The topological polar surface area (TPSA) is 38.7 Å². The first-order chi connectivity index (χ1) is 5.02. The van der Waals surface area contributed by atoms with E-state index in [1.165, 1.54) is 6.33 Å². The van der Waals surface area contributed by atoms with Crippen molar-refractivity contribution in [2.75, 3.05) is 0 Å². The molecule has 1 aromatic rings. The molecule has 0 atom stereocenters. The van der Waals surface area contributed by atoms with Gasteiger partial charge in [0.25, 0.3) is 0 Å². The van der Waals surface area contributed by atoms with E-state index in [9.17, 15) is 0 Å². The van der Waals surface area contributed by atoms with E-state index < -0.39 is 0 Å². The minimum Gasteiger partial charge on any atom is -0.221 e. The molecule has 1 rings (SSSR count). The van der Waals surface area contributed by atoms with Crippen LogP contribution in [-0.4, -0.2) is 15.2 Å². The lowest BCUT2D eigenvalue weighted by Gasteiger charge is -2.16. The summed E-state index contributed by atoms with van der Waals surface area (Å²) in [7, 11) is 0. The molecular formula is C7H10ClN3. The van der Waals surface area contributed by atoms with Gasteiger partial charge in [0.1, 0.15) is 12.0 Å². The third-order valence-electron chi connectivity index (χ3n) is 1.29. The minimum atomic E-state index is -0.0850. The van der Waals surface area contributed by atoms with Crippen molar-refractivity contribution in [1.82, 2.24) is 15.2 Å². The lowest BCUT2D eigenvalue weighted by atomic mass is 9.93. The fourth-order valence-electron chi connectivity index (χ4n) is 0.722. The molecule has 11 heavy (non-hydrogen) atoms. The van der Waals surface area contributed by atoms with Crippen molar-refractivity contribution in [2.45, 2.75) is 26.2 Å². The Morgan fingerprint density at radius 3 is 2.36 bits per heavy atom. The Labute approximate surface area is 70.8 Å². The van der Waals surface area contributed by atoms with Crippen LogP contribution in [0.25, 0.3) is 0 Å². The average molecular weight is 172 g/mol. The number of nitrogens with zero attached hydrogens (tertiary/aromatic N) is 3. The summed E-state index contributed by atoms with van der Waals surface area (Å²) in [5.41, 5.74) is 0.653. The molecule has 0 unspecified atom stereocenters. The predicted octanol–water partition coefficient (Wildman–Crippen LogP) is 1.82. The van der Waals surface area contributed by atoms with E-state index in [1.54, 1.807) is 0 Å². The Morgan fingerprint density at radius 2 is 2.00 bits per heavy atom. The van der Waals surface area contributed by atoms with E-state index in [0.29, 0.717) is 5.15 Å². The Bertz CT molecular complexity index is 254. The molecule has 1 aromatic heterocycles. The molecule has 0 amide bonds. The second kappa shape index (κ2) is 2.74. The van der Waals surface area contributed by atoms with Crippen molar-refractivity contribution in [3.8, 4) is 0 Å². The molecule has 0 saturated carbocycles. The molecule has 3 nitrogen and oxygen atoms in total. The molecular weight excluding hydrogens is 162 g/mol. The monoisotopic (exact) mass is 171 g/mol. The average Bonchev–Trinajstić information content (AvgIpc) is 1.86. The Balaban J connectivity index is 3.14. The van der Waals surface area contributed by atoms with Crippen LogP contribution in [0, 0.1) is 0 Å². The van der Waals surface area contributed by atoms with Crippen LogP contribution in [0.15, 0.2) is 6.33 Å². The Hall–Kier alpha value is -0.700. The molecule has 4 heteroatoms. The lowest BCUT2D eigenvalue weighted by molar-refractivity contribution is 0.553. The first-order valence-electron chi connectivity index (χ1n) is 3.35. The van der Waals surface area contributed by atoms with Crippen molar-refractivity contribution in [2.24, 2.45) is 0 Å². The molecule has 0 aromatic carbocycles. The summed E-state index contributed by atoms with van der Waals surface area (Å²) in [6.07, 6.45) is 1.34. The highest BCUT2D eigenvalue weighted by atomic mass is 35.5. The van der Waals surface area contributed by atoms with Gasteiger partial charge >= 0.3 is 0 Å². The maximum atomic E-state index is 5.80. The highest BCUT2D eigenvalue weighted by Crippen LogP contribution is 2.24. The highest BCUT2D eigenvalue weighted by molar-refractivity contribution is 6.30. The van der Waals surface area contributed by atoms with Crippen molar-refractivity contribution in [3.05, 3.63) is 17.2 Å². The molecule has 1 heterocycles. The number of aromatic nitrogens is 3. The fraction of sp³-hybridized carbons (Fsp3) is 0.571. The number of rotatable bonds is 0. The number of hydrogen-bond acceptors (Lipinski definition) is 3. The molecule has 0 spiro atoms. The van der Waals surface area contributed by atoms with Crippen molar-refractivity contribution >= 4 is 11.6 Å². The van der Waals surface area contributed by atoms with Crippen molar-refractivity contribution in [1.29, 1.82) is 0 Å². The van der Waals surface area contributed by atoms with Crippen LogP contribution in [0.3, 0.4) is 0 Å². The van der Waals surface area contributed by atoms with E-state index in [2.05, 4.69) is 15.2 Å². The first-order valence-corrected chi connectivity index (χ1v) is 3.73. The van der Waals surface area contributed by atoms with Gasteiger partial charge in [-0.15, -0.1) is 5.10 Å². The fourth-order valence-corrected chi connectivity index (χ4v) is 1.09. The van der Waals surface area contributed by atoms with Gasteiger partial charge in [0, 0.05) is 5.41 Å². The van der Waals surface area contributed by atoms with Gasteiger partial charge in [-0.3, -0.25) is 0 Å². The zero-order chi connectivity index (χ0) is 8.48. The van der Waals surface area contributed by atoms with E-state index in [0.717, 1.165) is 5.69 Å². The van der Waals surface area contributed by atoms with Gasteiger partial charge in [-0.05, 0) is 0 Å². The van der Waals surface area contributed by atoms with Crippen LogP contribution in [0.2, 0.25) is 5.15 Å². The van der Waals surface area contributed by atoms with Crippen molar-refractivity contribution in [3.63, 3.8) is 0 Å². The summed E-state index contributed by atoms with van der Waals surface area (Å²) in [6, 6.07) is 0. The maximum Gasteiger partial charge on any atom is 0.154 e. The van der Waals surface area contributed by atoms with Crippen LogP contribution in [0.5, 0.6) is 0 Å². The van der Waals surface area contributed by atoms with Gasteiger partial charge in [0.15, 0.2) is 5.15 Å². The molecule has 0 aliphatic rings. The quantitative estimate of drug-likeness (QED) is 0.598. The van der Waals surface area contributed by atoms with Crippen LogP contribution >= 0.6 is 11.6 Å². The van der Waals surface area contributed by atoms with E-state index in [-0.39, 0.29) is 5.41 Å². The molecule has 0 aliphatic heterocycles. The summed E-state index contributed by atoms with van der Waals surface area (Å²) >= 11 is 5.80. The Morgan fingerprint density at radius 1 is 1.36 bits per heavy atom. The highest BCUT2D eigenvalue weighted by Gasteiger charge is 2.19. The normalized spacial score (nSPS) is 11.6. The van der Waals surface area contributed by atoms with Crippen LogP contribution in [0.4, 0.5) is 0 Å². The molecule has 0 N–H and O–H groups in total. The van der Waals surface area contributed by atoms with Gasteiger partial charge in [-0.2, -0.15) is 5.10 Å². The number of hydrogen-bond donors (Lipinski definition) is 0. The molecule has 0 aliphatic carbocycles. The standard InChI is InChI=1S/C7H10ClN3/c1-7(2,3)5-6(8)9-4-10-11-5/h4H,1-3H3. The predicted molar refractivity (Wildman–Crippen MR) is 43.5 cm³/mol. The SMILES string of the molecule is CC(C)(C)c1nncnc1Cl. The molecule has 60 valence electrons. The van der Waals surface area contributed by atoms with Gasteiger partial charge in [0.05, 0.1) is 0 Å². The van der Waals surface area contributed by atoms with E-state index in [1.807, 2.05) is 20.8 Å². The summed E-state index contributed by atoms with van der Waals surface area (Å²) in [5.74, 6) is 0. The third-order valence-corrected chi connectivity index (χ3v) is 1.56. The molecule has 0 radical (unpaired) electrons. The summed E-state index contributed by atoms with van der Waals surface area (Å²) in [6.45, 7) is 6.06. The van der Waals surface area contributed by atoms with Gasteiger partial charge in [0.2, 0.25) is 0 Å². The smallest absolute Gasteiger partial charge is 0.154 e. The van der Waals surface area contributed by atoms with Gasteiger partial charge in [-0.25, -0.2) is 4.98 Å². The molecule has 0 saturated heterocycles. The second-order valence-electron chi connectivity index (χ2n) is 3.35. The zero-order valence-electron chi connectivity index (χ0n) is 6.80.